The number of hydrogen-bond acceptors (Lipinski definition) is 5. The van der Waals surface area contributed by atoms with Crippen molar-refractivity contribution in [2.45, 2.75) is 37.7 Å². The van der Waals surface area contributed by atoms with E-state index in [0.29, 0.717) is 22.2 Å². The Morgan fingerprint density at radius 3 is 2.77 bits per heavy atom. The Hall–Kier alpha value is -3.73. The third-order valence-corrected chi connectivity index (χ3v) is 6.82. The number of hydrogen-bond donors (Lipinski definition) is 1. The normalized spacial score (nSPS) is 22.0. The molecule has 6 rings (SSSR count). The van der Waals surface area contributed by atoms with E-state index in [1.165, 1.54) is 29.6 Å². The Kier molecular flexibility index (Phi) is 4.59. The highest BCUT2D eigenvalue weighted by Crippen LogP contribution is 2.44. The van der Waals surface area contributed by atoms with Crippen LogP contribution < -0.4 is 5.73 Å². The molecule has 0 radical (unpaired) electrons. The Balaban J connectivity index is 1.46. The molecule has 3 atom stereocenters. The van der Waals surface area contributed by atoms with Crippen molar-refractivity contribution in [3.05, 3.63) is 70.9 Å². The number of benzene rings is 2. The molecule has 11 heteroatoms. The van der Waals surface area contributed by atoms with Crippen LogP contribution in [-0.2, 0) is 17.3 Å². The minimum atomic E-state index is -4.48. The minimum absolute atomic E-state index is 0.174. The number of nitrogens with zero attached hydrogens (tertiary/aromatic N) is 4. The number of imidazole rings is 1. The molecule has 2 aliphatic rings. The highest BCUT2D eigenvalue weighted by Gasteiger charge is 2.46. The van der Waals surface area contributed by atoms with Crippen LogP contribution >= 0.6 is 0 Å². The number of amides is 1. The molecule has 1 aliphatic carbocycles. The number of rotatable bonds is 1. The molecule has 35 heavy (non-hydrogen) atoms. The van der Waals surface area contributed by atoms with Crippen molar-refractivity contribution in [3.63, 3.8) is 0 Å². The number of fused-ring (bicyclic) bond motifs is 6. The lowest BCUT2D eigenvalue weighted by atomic mass is 9.99. The number of alkyl halides is 3. The smallest absolute Gasteiger partial charge is 0.382 e. The summed E-state index contributed by atoms with van der Waals surface area (Å²) in [7, 11) is 0. The molecule has 1 fully saturated rings. The molecule has 3 heterocycles. The van der Waals surface area contributed by atoms with Gasteiger partial charge in [-0.25, -0.2) is 14.4 Å². The van der Waals surface area contributed by atoms with Crippen molar-refractivity contribution in [1.29, 1.82) is 0 Å². The van der Waals surface area contributed by atoms with Crippen LogP contribution in [0.1, 0.15) is 40.0 Å². The summed E-state index contributed by atoms with van der Waals surface area (Å²) in [5, 5.41) is 0. The predicted molar refractivity (Wildman–Crippen MR) is 118 cm³/mol. The first-order valence-electron chi connectivity index (χ1n) is 11.0. The standard InChI is InChI=1S/C24H19F4N5O2/c1-11-9-35-20-5-12-4-13(24(26,27)28)2-3-14(12)21(20)33(11)23(34)15-6-18-17(7-16(15)25)31-22(29)19-8-30-10-32(18)19/h2-4,6-8,10-11,20-21H,5,9H2,1H3,(H2,29,31). The summed E-state index contributed by atoms with van der Waals surface area (Å²) < 4.78 is 62.5. The number of aromatic nitrogens is 3. The Morgan fingerprint density at radius 2 is 2.00 bits per heavy atom. The SMILES string of the molecule is CC1COC2Cc3cc(C(F)(F)F)ccc3C2N1C(=O)c1cc2c(cc1F)nc(N)c1cncn12. The highest BCUT2D eigenvalue weighted by atomic mass is 19.4. The molecule has 2 aromatic carbocycles. The summed E-state index contributed by atoms with van der Waals surface area (Å²) in [5.41, 5.74) is 7.30. The van der Waals surface area contributed by atoms with Gasteiger partial charge in [-0.2, -0.15) is 13.2 Å². The van der Waals surface area contributed by atoms with E-state index in [1.807, 2.05) is 0 Å². The average molecular weight is 485 g/mol. The molecular formula is C24H19F4N5O2. The van der Waals surface area contributed by atoms with Crippen LogP contribution in [0.15, 0.2) is 42.9 Å². The largest absolute Gasteiger partial charge is 0.416 e. The molecule has 3 unspecified atom stereocenters. The lowest BCUT2D eigenvalue weighted by Gasteiger charge is -2.42. The summed E-state index contributed by atoms with van der Waals surface area (Å²) in [5.74, 6) is -1.17. The van der Waals surface area contributed by atoms with Gasteiger partial charge in [0.25, 0.3) is 5.91 Å². The molecule has 7 nitrogen and oxygen atoms in total. The van der Waals surface area contributed by atoms with Crippen molar-refractivity contribution in [2.75, 3.05) is 12.3 Å². The molecule has 1 saturated heterocycles. The van der Waals surface area contributed by atoms with Gasteiger partial charge in [-0.1, -0.05) is 6.07 Å². The molecule has 4 aromatic rings. The van der Waals surface area contributed by atoms with Gasteiger partial charge in [-0.05, 0) is 36.2 Å². The Labute approximate surface area is 196 Å². The van der Waals surface area contributed by atoms with Crippen LogP contribution in [0.2, 0.25) is 0 Å². The van der Waals surface area contributed by atoms with Gasteiger partial charge in [0, 0.05) is 12.5 Å². The molecule has 0 saturated carbocycles. The fourth-order valence-electron chi connectivity index (χ4n) is 5.20. The van der Waals surface area contributed by atoms with Crippen molar-refractivity contribution < 1.29 is 27.1 Å². The molecular weight excluding hydrogens is 466 g/mol. The fourth-order valence-corrected chi connectivity index (χ4v) is 5.20. The highest BCUT2D eigenvalue weighted by molar-refractivity contribution is 5.99. The monoisotopic (exact) mass is 485 g/mol. The number of nitrogens with two attached hydrogens (primary N) is 1. The maximum absolute atomic E-state index is 15.2. The maximum Gasteiger partial charge on any atom is 0.416 e. The Bertz CT molecular complexity index is 1520. The fraction of sp³-hybridized carbons (Fsp3) is 0.292. The number of carbonyl (C=O) groups excluding carboxylic acids is 1. The number of carbonyl (C=O) groups is 1. The number of anilines is 1. The second kappa shape index (κ2) is 7.38. The van der Waals surface area contributed by atoms with Crippen molar-refractivity contribution in [2.24, 2.45) is 0 Å². The summed E-state index contributed by atoms with van der Waals surface area (Å²) in [4.78, 5) is 23.6. The zero-order valence-electron chi connectivity index (χ0n) is 18.4. The summed E-state index contributed by atoms with van der Waals surface area (Å²) in [6, 6.07) is 5.01. The molecule has 2 aromatic heterocycles. The summed E-state index contributed by atoms with van der Waals surface area (Å²) in [6.45, 7) is 1.96. The first-order valence-corrected chi connectivity index (χ1v) is 11.0. The molecule has 0 spiro atoms. The average Bonchev–Trinajstić information content (AvgIpc) is 3.43. The van der Waals surface area contributed by atoms with Crippen LogP contribution in [0.4, 0.5) is 23.4 Å². The van der Waals surface area contributed by atoms with Gasteiger partial charge in [0.15, 0.2) is 0 Å². The van der Waals surface area contributed by atoms with Gasteiger partial charge in [0.1, 0.15) is 17.2 Å². The number of halogens is 4. The number of ether oxygens (including phenoxy) is 1. The molecule has 1 amide bonds. The molecule has 2 N–H and O–H groups in total. The van der Waals surface area contributed by atoms with E-state index in [9.17, 15) is 18.0 Å². The van der Waals surface area contributed by atoms with Crippen LogP contribution in [0.3, 0.4) is 0 Å². The van der Waals surface area contributed by atoms with Crippen LogP contribution in [-0.4, -0.2) is 43.9 Å². The second-order valence-electron chi connectivity index (χ2n) is 8.96. The number of nitrogen functional groups attached to an aromatic ring is 1. The second-order valence-corrected chi connectivity index (χ2v) is 8.96. The summed E-state index contributed by atoms with van der Waals surface area (Å²) in [6.07, 6.45) is -1.73. The van der Waals surface area contributed by atoms with Crippen molar-refractivity contribution in [1.82, 2.24) is 19.3 Å². The van der Waals surface area contributed by atoms with Crippen LogP contribution in [0, 0.1) is 5.82 Å². The predicted octanol–water partition coefficient (Wildman–Crippen LogP) is 4.15. The number of morpholine rings is 1. The van der Waals surface area contributed by atoms with Gasteiger partial charge in [0.2, 0.25) is 0 Å². The van der Waals surface area contributed by atoms with Gasteiger partial charge < -0.3 is 15.4 Å². The van der Waals surface area contributed by atoms with Gasteiger partial charge in [-0.3, -0.25) is 9.20 Å². The molecule has 1 aliphatic heterocycles. The molecule has 0 bridgehead atoms. The van der Waals surface area contributed by atoms with Crippen molar-refractivity contribution in [3.8, 4) is 0 Å². The topological polar surface area (TPSA) is 85.8 Å². The van der Waals surface area contributed by atoms with Gasteiger partial charge in [-0.15, -0.1) is 0 Å². The van der Waals surface area contributed by atoms with E-state index in [1.54, 1.807) is 11.3 Å². The van der Waals surface area contributed by atoms with E-state index in [4.69, 9.17) is 10.5 Å². The quantitative estimate of drug-likeness (QED) is 0.410. The lowest BCUT2D eigenvalue weighted by molar-refractivity contribution is -0.137. The zero-order chi connectivity index (χ0) is 24.6. The first-order chi connectivity index (χ1) is 16.6. The van der Waals surface area contributed by atoms with E-state index < -0.39 is 41.7 Å². The van der Waals surface area contributed by atoms with Crippen molar-refractivity contribution >= 4 is 28.3 Å². The molecule has 180 valence electrons. The van der Waals surface area contributed by atoms with Crippen LogP contribution in [0.25, 0.3) is 16.6 Å². The summed E-state index contributed by atoms with van der Waals surface area (Å²) >= 11 is 0. The third kappa shape index (κ3) is 3.25. The van der Waals surface area contributed by atoms with Gasteiger partial charge >= 0.3 is 6.18 Å². The van der Waals surface area contributed by atoms with Crippen LogP contribution in [0.5, 0.6) is 0 Å². The first kappa shape index (κ1) is 21.8. The van der Waals surface area contributed by atoms with E-state index in [-0.39, 0.29) is 29.9 Å². The van der Waals surface area contributed by atoms with E-state index >= 15 is 4.39 Å². The maximum atomic E-state index is 15.2. The van der Waals surface area contributed by atoms with E-state index in [2.05, 4.69) is 9.97 Å². The van der Waals surface area contributed by atoms with E-state index in [0.717, 1.165) is 18.2 Å². The van der Waals surface area contributed by atoms with Gasteiger partial charge in [0.05, 0.1) is 59.5 Å². The Morgan fingerprint density at radius 1 is 1.20 bits per heavy atom. The lowest BCUT2D eigenvalue weighted by Crippen LogP contribution is -2.52. The third-order valence-electron chi connectivity index (χ3n) is 6.82. The zero-order valence-corrected chi connectivity index (χ0v) is 18.4. The minimum Gasteiger partial charge on any atom is -0.382 e.